The van der Waals surface area contributed by atoms with Crippen molar-refractivity contribution < 1.29 is 38.4 Å². The van der Waals surface area contributed by atoms with E-state index in [0.29, 0.717) is 30.2 Å². The molecule has 2 aromatic carbocycles. The van der Waals surface area contributed by atoms with Crippen molar-refractivity contribution in [2.24, 2.45) is 17.6 Å². The summed E-state index contributed by atoms with van der Waals surface area (Å²) in [4.78, 5) is 26.4. The molecular weight excluding hydrogens is 544 g/mol. The first-order valence-electron chi connectivity index (χ1n) is 14.4. The standard InChI is InChI=1S/C30H40N4O8/c1-38-23-10-17(11-24(39-2)29(23)36)26-18-12-21-22(42-16-41-21)13-19(18)28(20-15-40-30(37)27(20)26)34-25(35)14-33-8-4-3-7-32-9-5-6-31/h10-13,20,26-28,32-33,36H,3-9,14-16,31H2,1-2H3,(H,34,35)/t20-,26?,27-,28+/m0/s1. The van der Waals surface area contributed by atoms with Crippen LogP contribution in [-0.4, -0.2) is 77.3 Å². The van der Waals surface area contributed by atoms with Crippen molar-refractivity contribution in [1.82, 2.24) is 16.0 Å². The molecule has 4 atom stereocenters. The average Bonchev–Trinajstić information content (AvgIpc) is 3.62. The van der Waals surface area contributed by atoms with Crippen LogP contribution in [0.1, 0.15) is 47.9 Å². The lowest BCUT2D eigenvalue weighted by atomic mass is 9.65. The Kier molecular flexibility index (Phi) is 9.55. The van der Waals surface area contributed by atoms with Gasteiger partial charge in [-0.2, -0.15) is 0 Å². The number of benzene rings is 2. The maximum absolute atomic E-state index is 13.3. The van der Waals surface area contributed by atoms with Crippen LogP contribution in [0, 0.1) is 11.8 Å². The number of fused-ring (bicyclic) bond motifs is 3. The number of nitrogens with one attached hydrogen (secondary N) is 3. The van der Waals surface area contributed by atoms with E-state index in [1.165, 1.54) is 14.2 Å². The second-order valence-electron chi connectivity index (χ2n) is 10.7. The quantitative estimate of drug-likeness (QED) is 0.162. The summed E-state index contributed by atoms with van der Waals surface area (Å²) in [6.07, 6.45) is 2.90. The smallest absolute Gasteiger partial charge is 0.310 e. The molecule has 228 valence electrons. The lowest BCUT2D eigenvalue weighted by Crippen LogP contribution is -2.45. The van der Waals surface area contributed by atoms with E-state index in [-0.39, 0.29) is 55.0 Å². The van der Waals surface area contributed by atoms with E-state index in [1.54, 1.807) is 12.1 Å². The Morgan fingerprint density at radius 3 is 2.26 bits per heavy atom. The number of hydrogen-bond acceptors (Lipinski definition) is 11. The SMILES string of the molecule is COc1cc(C2c3cc4c(cc3[C@@H](NC(=O)CNCCCCNCCCN)[C@H]3COC(=O)[C@H]23)OCO4)cc(OC)c1O. The van der Waals surface area contributed by atoms with E-state index >= 15 is 0 Å². The zero-order chi connectivity index (χ0) is 29.6. The third-order valence-corrected chi connectivity index (χ3v) is 8.17. The summed E-state index contributed by atoms with van der Waals surface area (Å²) in [6, 6.07) is 6.68. The van der Waals surface area contributed by atoms with Gasteiger partial charge in [-0.25, -0.2) is 0 Å². The summed E-state index contributed by atoms with van der Waals surface area (Å²) in [6.45, 7) is 3.63. The van der Waals surface area contributed by atoms with Gasteiger partial charge < -0.3 is 50.5 Å². The van der Waals surface area contributed by atoms with Crippen LogP contribution in [-0.2, 0) is 14.3 Å². The third-order valence-electron chi connectivity index (χ3n) is 8.17. The minimum Gasteiger partial charge on any atom is -0.502 e. The molecule has 0 aromatic heterocycles. The van der Waals surface area contributed by atoms with Gasteiger partial charge in [0.1, 0.15) is 0 Å². The Balaban J connectivity index is 1.38. The number of ether oxygens (including phenoxy) is 5. The predicted molar refractivity (Wildman–Crippen MR) is 153 cm³/mol. The predicted octanol–water partition coefficient (Wildman–Crippen LogP) is 1.54. The van der Waals surface area contributed by atoms with Crippen molar-refractivity contribution in [2.45, 2.75) is 31.2 Å². The van der Waals surface area contributed by atoms with E-state index in [1.807, 2.05) is 12.1 Å². The first-order valence-corrected chi connectivity index (χ1v) is 14.4. The first kappa shape index (κ1) is 29.7. The molecule has 0 saturated carbocycles. The molecule has 3 aliphatic rings. The number of methoxy groups -OCH3 is 2. The number of esters is 1. The lowest BCUT2D eigenvalue weighted by molar-refractivity contribution is -0.141. The minimum absolute atomic E-state index is 0.0854. The molecule has 1 fully saturated rings. The molecule has 0 bridgehead atoms. The van der Waals surface area contributed by atoms with E-state index in [0.717, 1.165) is 43.5 Å². The van der Waals surface area contributed by atoms with Gasteiger partial charge in [-0.05, 0) is 86.4 Å². The molecule has 1 amide bonds. The molecule has 2 heterocycles. The average molecular weight is 585 g/mol. The second kappa shape index (κ2) is 13.5. The van der Waals surface area contributed by atoms with Gasteiger partial charge in [0.2, 0.25) is 18.4 Å². The molecule has 1 aliphatic carbocycles. The van der Waals surface area contributed by atoms with Crippen LogP contribution < -0.4 is 40.6 Å². The number of phenols is 1. The van der Waals surface area contributed by atoms with Crippen LogP contribution in [0.25, 0.3) is 0 Å². The largest absolute Gasteiger partial charge is 0.502 e. The highest BCUT2D eigenvalue weighted by Crippen LogP contribution is 2.55. The summed E-state index contributed by atoms with van der Waals surface area (Å²) >= 11 is 0. The number of hydrogen-bond donors (Lipinski definition) is 5. The van der Waals surface area contributed by atoms with Crippen LogP contribution in [0.3, 0.4) is 0 Å². The Morgan fingerprint density at radius 2 is 1.60 bits per heavy atom. The molecule has 12 heteroatoms. The zero-order valence-corrected chi connectivity index (χ0v) is 24.1. The molecule has 2 aromatic rings. The number of amides is 1. The van der Waals surface area contributed by atoms with E-state index in [2.05, 4.69) is 16.0 Å². The normalized spacial score (nSPS) is 21.8. The van der Waals surface area contributed by atoms with Gasteiger partial charge in [0.15, 0.2) is 23.0 Å². The molecule has 5 rings (SSSR count). The molecule has 1 saturated heterocycles. The fourth-order valence-electron chi connectivity index (χ4n) is 6.12. The highest BCUT2D eigenvalue weighted by atomic mass is 16.7. The summed E-state index contributed by atoms with van der Waals surface area (Å²) in [5.74, 6) is -0.457. The summed E-state index contributed by atoms with van der Waals surface area (Å²) in [5, 5.41) is 20.3. The van der Waals surface area contributed by atoms with Crippen molar-refractivity contribution in [3.8, 4) is 28.7 Å². The summed E-state index contributed by atoms with van der Waals surface area (Å²) in [7, 11) is 2.91. The van der Waals surface area contributed by atoms with Crippen molar-refractivity contribution >= 4 is 11.9 Å². The van der Waals surface area contributed by atoms with Gasteiger partial charge in [0.25, 0.3) is 0 Å². The number of carbonyl (C=O) groups excluding carboxylic acids is 2. The van der Waals surface area contributed by atoms with E-state index in [9.17, 15) is 14.7 Å². The van der Waals surface area contributed by atoms with Gasteiger partial charge in [-0.15, -0.1) is 0 Å². The first-order chi connectivity index (χ1) is 20.5. The molecular formula is C30H40N4O8. The number of nitrogens with two attached hydrogens (primary N) is 1. The van der Waals surface area contributed by atoms with Crippen molar-refractivity contribution in [2.75, 3.05) is 60.3 Å². The number of carbonyl (C=O) groups is 2. The minimum atomic E-state index is -0.596. The van der Waals surface area contributed by atoms with Gasteiger partial charge in [0, 0.05) is 11.8 Å². The fraction of sp³-hybridized carbons (Fsp3) is 0.533. The molecule has 2 aliphatic heterocycles. The van der Waals surface area contributed by atoms with Crippen LogP contribution in [0.2, 0.25) is 0 Å². The van der Waals surface area contributed by atoms with E-state index in [4.69, 9.17) is 29.4 Å². The van der Waals surface area contributed by atoms with Crippen molar-refractivity contribution in [3.05, 3.63) is 41.0 Å². The number of aromatic hydroxyl groups is 1. The van der Waals surface area contributed by atoms with Gasteiger partial charge in [0.05, 0.1) is 39.3 Å². The van der Waals surface area contributed by atoms with Crippen molar-refractivity contribution in [3.63, 3.8) is 0 Å². The Bertz CT molecular complexity index is 1260. The highest BCUT2D eigenvalue weighted by molar-refractivity contribution is 5.81. The monoisotopic (exact) mass is 584 g/mol. The Labute approximate surface area is 245 Å². The Morgan fingerprint density at radius 1 is 0.952 bits per heavy atom. The second-order valence-corrected chi connectivity index (χ2v) is 10.7. The summed E-state index contributed by atoms with van der Waals surface area (Å²) < 4.78 is 27.8. The molecule has 6 N–H and O–H groups in total. The molecule has 12 nitrogen and oxygen atoms in total. The zero-order valence-electron chi connectivity index (χ0n) is 24.1. The molecule has 0 spiro atoms. The topological polar surface area (TPSA) is 163 Å². The summed E-state index contributed by atoms with van der Waals surface area (Å²) in [5.41, 5.74) is 7.84. The maximum atomic E-state index is 13.3. The van der Waals surface area contributed by atoms with Crippen LogP contribution in [0.5, 0.6) is 28.7 Å². The van der Waals surface area contributed by atoms with Gasteiger partial charge in [-0.3, -0.25) is 9.59 Å². The molecule has 0 radical (unpaired) electrons. The fourth-order valence-corrected chi connectivity index (χ4v) is 6.12. The van der Waals surface area contributed by atoms with Gasteiger partial charge in [-0.1, -0.05) is 0 Å². The van der Waals surface area contributed by atoms with Crippen LogP contribution >= 0.6 is 0 Å². The number of cyclic esters (lactones) is 1. The van der Waals surface area contributed by atoms with Gasteiger partial charge >= 0.3 is 5.97 Å². The number of phenolic OH excluding ortho intramolecular Hbond substituents is 1. The van der Waals surface area contributed by atoms with Crippen molar-refractivity contribution in [1.29, 1.82) is 0 Å². The number of rotatable bonds is 14. The van der Waals surface area contributed by atoms with E-state index < -0.39 is 17.9 Å². The third kappa shape index (κ3) is 6.06. The highest BCUT2D eigenvalue weighted by Gasteiger charge is 2.53. The van der Waals surface area contributed by atoms with Crippen LogP contribution in [0.4, 0.5) is 0 Å². The molecule has 1 unspecified atom stereocenters. The van der Waals surface area contributed by atoms with Crippen LogP contribution in [0.15, 0.2) is 24.3 Å². The Hall–Kier alpha value is -3.74. The molecule has 42 heavy (non-hydrogen) atoms. The maximum Gasteiger partial charge on any atom is 0.310 e. The number of unbranched alkanes of at least 4 members (excludes halogenated alkanes) is 1. The lowest BCUT2D eigenvalue weighted by Gasteiger charge is -2.39.